The molecule has 0 bridgehead atoms. The van der Waals surface area contributed by atoms with Crippen molar-refractivity contribution in [3.63, 3.8) is 0 Å². The van der Waals surface area contributed by atoms with Crippen molar-refractivity contribution in [2.24, 2.45) is 0 Å². The molecule has 5 heteroatoms. The average Bonchev–Trinajstić information content (AvgIpc) is 2.68. The minimum Gasteiger partial charge on any atom is -0.463 e. The summed E-state index contributed by atoms with van der Waals surface area (Å²) in [6.07, 6.45) is 2.25. The SMILES string of the molecule is CCOC(=O)C1=CC[C@@H](c2ccccc2)[C@H]([N+](=O)[O-])[C@@H]1c1ccccc1. The Morgan fingerprint density at radius 2 is 1.65 bits per heavy atom. The lowest BCUT2D eigenvalue weighted by molar-refractivity contribution is -0.530. The standard InChI is InChI=1S/C21H21NO4/c1-2-26-21(23)18-14-13-17(15-9-5-3-6-10-15)20(22(24)25)19(18)16-11-7-4-8-12-16/h3-12,14,17,19-20H,2,13H2,1H3/t17-,19+,20-/m0/s1. The predicted molar refractivity (Wildman–Crippen MR) is 98.5 cm³/mol. The van der Waals surface area contributed by atoms with Crippen LogP contribution in [0, 0.1) is 10.1 Å². The Bertz CT molecular complexity index is 801. The smallest absolute Gasteiger partial charge is 0.334 e. The molecule has 0 saturated carbocycles. The molecule has 3 rings (SSSR count). The zero-order valence-corrected chi connectivity index (χ0v) is 14.6. The molecule has 1 aliphatic rings. The molecule has 1 aliphatic carbocycles. The first-order chi connectivity index (χ1) is 12.6. The van der Waals surface area contributed by atoms with E-state index in [0.717, 1.165) is 11.1 Å². The van der Waals surface area contributed by atoms with E-state index >= 15 is 0 Å². The average molecular weight is 351 g/mol. The first-order valence-electron chi connectivity index (χ1n) is 8.74. The fourth-order valence-electron chi connectivity index (χ4n) is 3.70. The van der Waals surface area contributed by atoms with Gasteiger partial charge in [-0.3, -0.25) is 10.1 Å². The second-order valence-corrected chi connectivity index (χ2v) is 6.30. The molecule has 3 atom stereocenters. The molecule has 0 spiro atoms. The summed E-state index contributed by atoms with van der Waals surface area (Å²) in [7, 11) is 0. The number of carbonyl (C=O) groups is 1. The van der Waals surface area contributed by atoms with Crippen LogP contribution in [0.3, 0.4) is 0 Å². The van der Waals surface area contributed by atoms with Gasteiger partial charge in [0, 0.05) is 10.5 Å². The van der Waals surface area contributed by atoms with Gasteiger partial charge in [0.1, 0.15) is 0 Å². The van der Waals surface area contributed by atoms with Crippen LogP contribution in [0.15, 0.2) is 72.3 Å². The summed E-state index contributed by atoms with van der Waals surface area (Å²) in [5, 5.41) is 12.1. The Labute approximate surface area is 152 Å². The van der Waals surface area contributed by atoms with Crippen LogP contribution in [0.5, 0.6) is 0 Å². The van der Waals surface area contributed by atoms with Gasteiger partial charge in [0.15, 0.2) is 0 Å². The van der Waals surface area contributed by atoms with E-state index in [0.29, 0.717) is 12.0 Å². The first-order valence-corrected chi connectivity index (χ1v) is 8.74. The molecular formula is C21H21NO4. The number of nitrogens with zero attached hydrogens (tertiary/aromatic N) is 1. The fraction of sp³-hybridized carbons (Fsp3) is 0.286. The molecule has 0 radical (unpaired) electrons. The second kappa shape index (κ2) is 7.95. The molecule has 0 heterocycles. The summed E-state index contributed by atoms with van der Waals surface area (Å²) in [6, 6.07) is 17.7. The van der Waals surface area contributed by atoms with Crippen molar-refractivity contribution >= 4 is 5.97 Å². The van der Waals surface area contributed by atoms with Gasteiger partial charge in [-0.1, -0.05) is 66.7 Å². The van der Waals surface area contributed by atoms with Gasteiger partial charge in [-0.05, 0) is 24.5 Å². The molecule has 0 unspecified atom stereocenters. The number of ether oxygens (including phenoxy) is 1. The third-order valence-electron chi connectivity index (χ3n) is 4.82. The molecule has 0 aliphatic heterocycles. The maximum atomic E-state index is 12.5. The van der Waals surface area contributed by atoms with E-state index in [1.165, 1.54) is 0 Å². The molecule has 0 aromatic heterocycles. The lowest BCUT2D eigenvalue weighted by Gasteiger charge is -2.32. The third-order valence-corrected chi connectivity index (χ3v) is 4.82. The van der Waals surface area contributed by atoms with E-state index < -0.39 is 17.9 Å². The number of esters is 1. The van der Waals surface area contributed by atoms with Gasteiger partial charge < -0.3 is 4.74 Å². The molecule has 5 nitrogen and oxygen atoms in total. The monoisotopic (exact) mass is 351 g/mol. The highest BCUT2D eigenvalue weighted by atomic mass is 16.6. The van der Waals surface area contributed by atoms with Crippen molar-refractivity contribution in [2.75, 3.05) is 6.61 Å². The number of rotatable bonds is 5. The minimum atomic E-state index is -0.927. The van der Waals surface area contributed by atoms with E-state index in [1.54, 1.807) is 6.92 Å². The second-order valence-electron chi connectivity index (χ2n) is 6.30. The molecule has 2 aromatic carbocycles. The molecule has 0 N–H and O–H groups in total. The number of benzene rings is 2. The normalized spacial score (nSPS) is 22.3. The van der Waals surface area contributed by atoms with Crippen LogP contribution in [0.1, 0.15) is 36.3 Å². The fourth-order valence-corrected chi connectivity index (χ4v) is 3.70. The quantitative estimate of drug-likeness (QED) is 0.462. The summed E-state index contributed by atoms with van der Waals surface area (Å²) in [6.45, 7) is 1.97. The summed E-state index contributed by atoms with van der Waals surface area (Å²) in [5.41, 5.74) is 2.05. The Hall–Kier alpha value is -2.95. The Balaban J connectivity index is 2.11. The maximum Gasteiger partial charge on any atom is 0.334 e. The number of hydrogen-bond acceptors (Lipinski definition) is 4. The molecule has 26 heavy (non-hydrogen) atoms. The molecule has 134 valence electrons. The van der Waals surface area contributed by atoms with Gasteiger partial charge >= 0.3 is 5.97 Å². The van der Waals surface area contributed by atoms with E-state index in [2.05, 4.69) is 0 Å². The summed E-state index contributed by atoms with van der Waals surface area (Å²) in [5.74, 6) is -1.40. The summed E-state index contributed by atoms with van der Waals surface area (Å²) < 4.78 is 5.17. The van der Waals surface area contributed by atoms with Crippen LogP contribution in [0.2, 0.25) is 0 Å². The zero-order chi connectivity index (χ0) is 18.5. The van der Waals surface area contributed by atoms with E-state index in [9.17, 15) is 14.9 Å². The Morgan fingerprint density at radius 1 is 1.08 bits per heavy atom. The van der Waals surface area contributed by atoms with Crippen molar-refractivity contribution < 1.29 is 14.5 Å². The largest absolute Gasteiger partial charge is 0.463 e. The first kappa shape index (κ1) is 17.9. The van der Waals surface area contributed by atoms with Crippen LogP contribution < -0.4 is 0 Å². The number of carbonyl (C=O) groups excluding carboxylic acids is 1. The van der Waals surface area contributed by atoms with Crippen LogP contribution in [-0.4, -0.2) is 23.5 Å². The van der Waals surface area contributed by atoms with Crippen LogP contribution >= 0.6 is 0 Å². The van der Waals surface area contributed by atoms with E-state index in [4.69, 9.17) is 4.74 Å². The van der Waals surface area contributed by atoms with Gasteiger partial charge in [-0.25, -0.2) is 4.79 Å². The predicted octanol–water partition coefficient (Wildman–Crippen LogP) is 4.09. The van der Waals surface area contributed by atoms with Gasteiger partial charge in [0.2, 0.25) is 6.04 Å². The van der Waals surface area contributed by atoms with Gasteiger partial charge in [0.05, 0.1) is 18.4 Å². The van der Waals surface area contributed by atoms with Gasteiger partial charge in [-0.15, -0.1) is 0 Å². The molecular weight excluding hydrogens is 330 g/mol. The van der Waals surface area contributed by atoms with Crippen molar-refractivity contribution in [1.82, 2.24) is 0 Å². The van der Waals surface area contributed by atoms with E-state index in [1.807, 2.05) is 66.7 Å². The Morgan fingerprint density at radius 3 is 2.19 bits per heavy atom. The van der Waals surface area contributed by atoms with Gasteiger partial charge in [0.25, 0.3) is 0 Å². The Kier molecular flexibility index (Phi) is 5.46. The van der Waals surface area contributed by atoms with Crippen LogP contribution in [0.25, 0.3) is 0 Å². The highest BCUT2D eigenvalue weighted by molar-refractivity contribution is 5.90. The maximum absolute atomic E-state index is 12.5. The van der Waals surface area contributed by atoms with Crippen LogP contribution in [0.4, 0.5) is 0 Å². The highest BCUT2D eigenvalue weighted by Gasteiger charge is 2.47. The van der Waals surface area contributed by atoms with Crippen LogP contribution in [-0.2, 0) is 9.53 Å². The lowest BCUT2D eigenvalue weighted by atomic mass is 9.71. The molecule has 0 saturated heterocycles. The van der Waals surface area contributed by atoms with Crippen molar-refractivity contribution in [1.29, 1.82) is 0 Å². The number of hydrogen-bond donors (Lipinski definition) is 0. The molecule has 0 amide bonds. The highest BCUT2D eigenvalue weighted by Crippen LogP contribution is 2.43. The van der Waals surface area contributed by atoms with E-state index in [-0.39, 0.29) is 17.4 Å². The van der Waals surface area contributed by atoms with Crippen molar-refractivity contribution in [3.8, 4) is 0 Å². The number of allylic oxidation sites excluding steroid dienone is 1. The molecule has 2 aromatic rings. The minimum absolute atomic E-state index is 0.239. The zero-order valence-electron chi connectivity index (χ0n) is 14.6. The van der Waals surface area contributed by atoms with Gasteiger partial charge in [-0.2, -0.15) is 0 Å². The number of nitro groups is 1. The summed E-state index contributed by atoms with van der Waals surface area (Å²) in [4.78, 5) is 24.3. The topological polar surface area (TPSA) is 69.4 Å². The lowest BCUT2D eigenvalue weighted by Crippen LogP contribution is -2.39. The van der Waals surface area contributed by atoms with Crippen molar-refractivity contribution in [2.45, 2.75) is 31.2 Å². The molecule has 0 fully saturated rings. The summed E-state index contributed by atoms with van der Waals surface area (Å²) >= 11 is 0. The third kappa shape index (κ3) is 3.52. The van der Waals surface area contributed by atoms with Crippen molar-refractivity contribution in [3.05, 3.63) is 93.6 Å².